The van der Waals surface area contributed by atoms with Gasteiger partial charge in [0.15, 0.2) is 11.0 Å². The van der Waals surface area contributed by atoms with Gasteiger partial charge in [0.05, 0.1) is 23.6 Å². The Balaban J connectivity index is 1.52. The first-order chi connectivity index (χ1) is 16.6. The Kier molecular flexibility index (Phi) is 6.09. The number of nitrogens with two attached hydrogens (primary N) is 1. The van der Waals surface area contributed by atoms with Crippen molar-refractivity contribution in [3.63, 3.8) is 0 Å². The molecule has 0 radical (unpaired) electrons. The largest absolute Gasteiger partial charge is 0.494 e. The van der Waals surface area contributed by atoms with E-state index in [4.69, 9.17) is 10.5 Å². The number of benzene rings is 3. The number of hydrogen-bond acceptors (Lipinski definition) is 7. The fourth-order valence-corrected chi connectivity index (χ4v) is 4.41. The lowest BCUT2D eigenvalue weighted by molar-refractivity contribution is 0.340. The molecule has 7 nitrogen and oxygen atoms in total. The van der Waals surface area contributed by atoms with Gasteiger partial charge in [0.1, 0.15) is 23.2 Å². The van der Waals surface area contributed by atoms with E-state index >= 15 is 0 Å². The van der Waals surface area contributed by atoms with Crippen LogP contribution in [-0.4, -0.2) is 31.3 Å². The number of fused-ring (bicyclic) bond motifs is 1. The topological polar surface area (TPSA) is 91.7 Å². The van der Waals surface area contributed by atoms with Crippen molar-refractivity contribution in [3.05, 3.63) is 84.4 Å². The van der Waals surface area contributed by atoms with Crippen molar-refractivity contribution in [2.24, 2.45) is 0 Å². The zero-order chi connectivity index (χ0) is 23.5. The van der Waals surface area contributed by atoms with Crippen molar-refractivity contribution in [1.29, 1.82) is 0 Å². The Hall–Kier alpha value is -3.98. The van der Waals surface area contributed by atoms with E-state index < -0.39 is 0 Å². The zero-order valence-corrected chi connectivity index (χ0v) is 19.2. The lowest BCUT2D eigenvalue weighted by Crippen LogP contribution is -2.04. The number of para-hydroxylation sites is 2. The van der Waals surface area contributed by atoms with Crippen LogP contribution < -0.4 is 10.5 Å². The van der Waals surface area contributed by atoms with E-state index in [-0.39, 0.29) is 5.82 Å². The van der Waals surface area contributed by atoms with Crippen LogP contribution in [0.3, 0.4) is 0 Å². The summed E-state index contributed by atoms with van der Waals surface area (Å²) in [6, 6.07) is 21.6. The highest BCUT2D eigenvalue weighted by Crippen LogP contribution is 2.31. The molecule has 2 aromatic heterocycles. The Bertz CT molecular complexity index is 1450. The van der Waals surface area contributed by atoms with Gasteiger partial charge in [0.2, 0.25) is 0 Å². The third kappa shape index (κ3) is 4.29. The molecule has 0 amide bonds. The van der Waals surface area contributed by atoms with Crippen molar-refractivity contribution in [3.8, 4) is 22.8 Å². The number of halogens is 1. The molecule has 3 aromatic carbocycles. The van der Waals surface area contributed by atoms with Crippen LogP contribution in [-0.2, 0) is 5.75 Å². The van der Waals surface area contributed by atoms with Gasteiger partial charge < -0.3 is 10.5 Å². The average Bonchev–Trinajstić information content (AvgIpc) is 3.27. The number of hydrogen-bond donors (Lipinski definition) is 1. The van der Waals surface area contributed by atoms with Gasteiger partial charge >= 0.3 is 0 Å². The Morgan fingerprint density at radius 1 is 0.941 bits per heavy atom. The summed E-state index contributed by atoms with van der Waals surface area (Å²) in [5.74, 6) is 2.28. The van der Waals surface area contributed by atoms with Crippen molar-refractivity contribution in [2.45, 2.75) is 17.8 Å². The van der Waals surface area contributed by atoms with Crippen LogP contribution in [0.15, 0.2) is 78.0 Å². The number of aromatic nitrogens is 5. The van der Waals surface area contributed by atoms with Crippen LogP contribution in [0.25, 0.3) is 28.0 Å². The molecule has 0 unspecified atom stereocenters. The van der Waals surface area contributed by atoms with Crippen LogP contribution in [0.4, 0.5) is 10.2 Å². The lowest BCUT2D eigenvalue weighted by atomic mass is 10.2. The predicted octanol–water partition coefficient (Wildman–Crippen LogP) is 5.29. The fourth-order valence-electron chi connectivity index (χ4n) is 3.61. The molecule has 0 atom stereocenters. The van der Waals surface area contributed by atoms with Gasteiger partial charge in [-0.05, 0) is 55.5 Å². The highest BCUT2D eigenvalue weighted by molar-refractivity contribution is 7.98. The van der Waals surface area contributed by atoms with Crippen molar-refractivity contribution in [2.75, 3.05) is 12.3 Å². The molecule has 2 N–H and O–H groups in total. The maximum Gasteiger partial charge on any atom is 0.196 e. The van der Waals surface area contributed by atoms with Gasteiger partial charge in [-0.1, -0.05) is 36.0 Å². The monoisotopic (exact) mass is 472 g/mol. The van der Waals surface area contributed by atoms with Crippen LogP contribution >= 0.6 is 11.8 Å². The summed E-state index contributed by atoms with van der Waals surface area (Å²) in [5, 5.41) is 10.1. The number of thioether (sulfide) groups is 1. The highest BCUT2D eigenvalue weighted by Gasteiger charge is 2.19. The van der Waals surface area contributed by atoms with Crippen LogP contribution in [0.1, 0.15) is 12.7 Å². The number of anilines is 1. The molecule has 0 fully saturated rings. The summed E-state index contributed by atoms with van der Waals surface area (Å²) < 4.78 is 22.1. The normalized spacial score (nSPS) is 11.1. The minimum absolute atomic E-state index is 0.359. The van der Waals surface area contributed by atoms with Gasteiger partial charge in [-0.25, -0.2) is 14.4 Å². The molecule has 0 aliphatic carbocycles. The standard InChI is InChI=1S/C25H21FN6OS/c1-2-33-17-13-11-16(12-14-17)24-30-31-25(32(24)21-10-6-4-8-19(21)26)34-15-22-28-20-9-5-3-7-18(20)23(27)29-22/h3-14H,2,15H2,1H3,(H2,27,28,29). The van der Waals surface area contributed by atoms with Gasteiger partial charge in [0, 0.05) is 10.9 Å². The molecule has 170 valence electrons. The molecule has 0 saturated carbocycles. The first-order valence-corrected chi connectivity index (χ1v) is 11.7. The minimum Gasteiger partial charge on any atom is -0.494 e. The Morgan fingerprint density at radius 3 is 2.50 bits per heavy atom. The van der Waals surface area contributed by atoms with E-state index in [1.165, 1.54) is 17.8 Å². The van der Waals surface area contributed by atoms with E-state index in [2.05, 4.69) is 20.2 Å². The van der Waals surface area contributed by atoms with Crippen LogP contribution in [0, 0.1) is 5.82 Å². The maximum atomic E-state index is 14.8. The van der Waals surface area contributed by atoms with E-state index in [1.54, 1.807) is 22.8 Å². The molecule has 0 aliphatic heterocycles. The summed E-state index contributed by atoms with van der Waals surface area (Å²) >= 11 is 1.37. The number of rotatable bonds is 7. The first-order valence-electron chi connectivity index (χ1n) is 10.7. The quantitative estimate of drug-likeness (QED) is 0.322. The summed E-state index contributed by atoms with van der Waals surface area (Å²) in [6.07, 6.45) is 0. The summed E-state index contributed by atoms with van der Waals surface area (Å²) in [5.41, 5.74) is 8.05. The van der Waals surface area contributed by atoms with Crippen molar-refractivity contribution >= 4 is 28.5 Å². The number of ether oxygens (including phenoxy) is 1. The summed E-state index contributed by atoms with van der Waals surface area (Å²) in [4.78, 5) is 9.03. The second kappa shape index (κ2) is 9.48. The first kappa shape index (κ1) is 21.8. The van der Waals surface area contributed by atoms with E-state index in [0.717, 1.165) is 22.2 Å². The van der Waals surface area contributed by atoms with Gasteiger partial charge in [-0.15, -0.1) is 10.2 Å². The molecular formula is C25H21FN6OS. The molecule has 0 saturated heterocycles. The van der Waals surface area contributed by atoms with Gasteiger partial charge in [0.25, 0.3) is 0 Å². The van der Waals surface area contributed by atoms with E-state index in [0.29, 0.717) is 40.7 Å². The smallest absolute Gasteiger partial charge is 0.196 e. The third-order valence-corrected chi connectivity index (χ3v) is 6.08. The molecule has 5 rings (SSSR count). The lowest BCUT2D eigenvalue weighted by Gasteiger charge is -2.12. The second-order valence-electron chi connectivity index (χ2n) is 7.38. The van der Waals surface area contributed by atoms with Crippen LogP contribution in [0.5, 0.6) is 5.75 Å². The highest BCUT2D eigenvalue weighted by atomic mass is 32.2. The molecule has 5 aromatic rings. The van der Waals surface area contributed by atoms with E-state index in [9.17, 15) is 4.39 Å². The third-order valence-electron chi connectivity index (χ3n) is 5.16. The van der Waals surface area contributed by atoms with Crippen LogP contribution in [0.2, 0.25) is 0 Å². The van der Waals surface area contributed by atoms with Crippen molar-refractivity contribution < 1.29 is 9.13 Å². The second-order valence-corrected chi connectivity index (χ2v) is 8.32. The number of nitrogen functional groups attached to an aromatic ring is 1. The molecule has 34 heavy (non-hydrogen) atoms. The molecular weight excluding hydrogens is 451 g/mol. The molecule has 0 aliphatic rings. The molecule has 2 heterocycles. The summed E-state index contributed by atoms with van der Waals surface area (Å²) in [7, 11) is 0. The SMILES string of the molecule is CCOc1ccc(-c2nnc(SCc3nc(N)c4ccccc4n3)n2-c2ccccc2F)cc1. The average molecular weight is 473 g/mol. The summed E-state index contributed by atoms with van der Waals surface area (Å²) in [6.45, 7) is 2.51. The minimum atomic E-state index is -0.373. The van der Waals surface area contributed by atoms with Gasteiger partial charge in [-0.3, -0.25) is 4.57 Å². The zero-order valence-electron chi connectivity index (χ0n) is 18.4. The Morgan fingerprint density at radius 2 is 1.71 bits per heavy atom. The molecule has 0 spiro atoms. The van der Waals surface area contributed by atoms with Gasteiger partial charge in [-0.2, -0.15) is 0 Å². The maximum absolute atomic E-state index is 14.8. The molecule has 0 bridgehead atoms. The van der Waals surface area contributed by atoms with Crippen molar-refractivity contribution in [1.82, 2.24) is 24.7 Å². The van der Waals surface area contributed by atoms with E-state index in [1.807, 2.05) is 55.5 Å². The predicted molar refractivity (Wildman–Crippen MR) is 131 cm³/mol. The fraction of sp³-hybridized carbons (Fsp3) is 0.120. The molecule has 9 heteroatoms. The number of nitrogens with zero attached hydrogens (tertiary/aromatic N) is 5. The Labute approximate surface area is 199 Å².